The lowest BCUT2D eigenvalue weighted by molar-refractivity contribution is -0.149. The van der Waals surface area contributed by atoms with Crippen LogP contribution in [0, 0.1) is 0 Å². The lowest BCUT2D eigenvalue weighted by atomic mass is 9.95. The van der Waals surface area contributed by atoms with E-state index < -0.39 is 23.2 Å². The molecule has 2 unspecified atom stereocenters. The van der Waals surface area contributed by atoms with Crippen LogP contribution in [0.3, 0.4) is 0 Å². The van der Waals surface area contributed by atoms with E-state index in [4.69, 9.17) is 58.0 Å². The monoisotopic (exact) mass is 598 g/mol. The molecule has 12 heteroatoms. The normalized spacial score (nSPS) is 17.4. The van der Waals surface area contributed by atoms with Crippen molar-refractivity contribution in [2.24, 2.45) is 0 Å². The van der Waals surface area contributed by atoms with E-state index in [-0.39, 0.29) is 37.0 Å². The molecule has 36 heavy (non-hydrogen) atoms. The number of aromatic amines is 1. The Morgan fingerprint density at radius 1 is 1.00 bits per heavy atom. The molecule has 2 atom stereocenters. The predicted molar refractivity (Wildman–Crippen MR) is 146 cm³/mol. The molecule has 1 aromatic heterocycles. The summed E-state index contributed by atoms with van der Waals surface area (Å²) in [6.07, 6.45) is 1.96. The molecule has 5 rings (SSSR count). The third-order valence-electron chi connectivity index (χ3n) is 5.83. The first-order valence-corrected chi connectivity index (χ1v) is 13.6. The number of fused-ring (bicyclic) bond motifs is 1. The van der Waals surface area contributed by atoms with Gasteiger partial charge in [0.15, 0.2) is 0 Å². The van der Waals surface area contributed by atoms with Crippen LogP contribution < -0.4 is 5.43 Å². The van der Waals surface area contributed by atoms with Crippen molar-refractivity contribution >= 4 is 92.6 Å². The van der Waals surface area contributed by atoms with Crippen LogP contribution in [0.25, 0.3) is 22.4 Å². The van der Waals surface area contributed by atoms with Crippen LogP contribution in [0.2, 0.25) is 20.1 Å². The largest absolute Gasteiger partial charge is 0.338 e. The Kier molecular flexibility index (Phi) is 7.07. The fourth-order valence-electron chi connectivity index (χ4n) is 4.00. The fraction of sp³-hybridized carbons (Fsp3) is 0.125. The number of carbonyl (C=O) groups is 2. The highest BCUT2D eigenvalue weighted by Crippen LogP contribution is 2.46. The van der Waals surface area contributed by atoms with Gasteiger partial charge in [0.25, 0.3) is 11.8 Å². The van der Waals surface area contributed by atoms with Gasteiger partial charge in [0, 0.05) is 4.90 Å². The van der Waals surface area contributed by atoms with Crippen LogP contribution in [-0.2, 0) is 4.79 Å². The molecule has 0 radical (unpaired) electrons. The molecule has 6 nitrogen and oxygen atoms in total. The summed E-state index contributed by atoms with van der Waals surface area (Å²) in [5.74, 6) is -0.920. The van der Waals surface area contributed by atoms with Crippen molar-refractivity contribution in [1.82, 2.24) is 20.4 Å². The Bertz CT molecular complexity index is 1490. The highest BCUT2D eigenvalue weighted by Gasteiger charge is 2.48. The SMILES string of the molecule is CSc1ccc(C2C(Cl)C(=O)N2NC(=O)c2c(Cl)c(Cl)c(Cl)c(Cl)c2-c2nc3ccccc3[nH]2)cc1. The zero-order valence-corrected chi connectivity index (χ0v) is 22.9. The van der Waals surface area contributed by atoms with Crippen LogP contribution in [0.1, 0.15) is 22.0 Å². The predicted octanol–water partition coefficient (Wildman–Crippen LogP) is 7.40. The number of imidazole rings is 1. The molecular formula is C24H15Cl5N4O2S. The molecule has 184 valence electrons. The maximum absolute atomic E-state index is 13.6. The number of hydrogen-bond donors (Lipinski definition) is 2. The van der Waals surface area contributed by atoms with Crippen LogP contribution in [0.5, 0.6) is 0 Å². The second-order valence-electron chi connectivity index (χ2n) is 7.88. The number of aromatic nitrogens is 2. The number of H-pyrrole nitrogens is 1. The maximum atomic E-state index is 13.6. The highest BCUT2D eigenvalue weighted by atomic mass is 35.5. The van der Waals surface area contributed by atoms with Crippen LogP contribution in [-0.4, -0.2) is 38.4 Å². The first-order valence-electron chi connectivity index (χ1n) is 10.5. The molecule has 1 aliphatic heterocycles. The molecule has 0 bridgehead atoms. The summed E-state index contributed by atoms with van der Waals surface area (Å²) in [5, 5.41) is 0.0715. The number of hydrogen-bond acceptors (Lipinski definition) is 4. The number of alkyl halides is 1. The van der Waals surface area contributed by atoms with E-state index in [1.54, 1.807) is 17.8 Å². The van der Waals surface area contributed by atoms with Crippen LogP contribution in [0.4, 0.5) is 0 Å². The summed E-state index contributed by atoms with van der Waals surface area (Å²) < 4.78 is 0. The van der Waals surface area contributed by atoms with Gasteiger partial charge in [0.2, 0.25) is 0 Å². The average molecular weight is 601 g/mol. The molecule has 2 heterocycles. The average Bonchev–Trinajstić information content (AvgIpc) is 3.32. The smallest absolute Gasteiger partial charge is 0.272 e. The van der Waals surface area contributed by atoms with Gasteiger partial charge in [0.05, 0.1) is 42.3 Å². The van der Waals surface area contributed by atoms with Gasteiger partial charge in [-0.2, -0.15) is 0 Å². The second-order valence-corrected chi connectivity index (χ2v) is 10.7. The number of benzene rings is 3. The van der Waals surface area contributed by atoms with Gasteiger partial charge in [-0.05, 0) is 36.1 Å². The third kappa shape index (κ3) is 4.22. The maximum Gasteiger partial charge on any atom is 0.272 e. The summed E-state index contributed by atoms with van der Waals surface area (Å²) in [5.41, 5.74) is 4.82. The standard InChI is InChI=1S/C24H15Cl5N4O2S/c1-36-11-8-6-10(7-9-11)21-20(29)24(35)33(21)32-23(34)15-14(16(25)18(27)19(28)17(15)26)22-30-12-4-2-3-5-13(12)31-22/h2-9,20-21H,1H3,(H,30,31)(H,32,34). The van der Waals surface area contributed by atoms with E-state index in [1.807, 2.05) is 48.7 Å². The Labute approximate surface area is 235 Å². The van der Waals surface area contributed by atoms with Gasteiger partial charge < -0.3 is 4.98 Å². The molecular weight excluding hydrogens is 586 g/mol. The Morgan fingerprint density at radius 3 is 2.33 bits per heavy atom. The van der Waals surface area contributed by atoms with Gasteiger partial charge in [-0.1, -0.05) is 70.7 Å². The van der Waals surface area contributed by atoms with Crippen molar-refractivity contribution in [1.29, 1.82) is 0 Å². The summed E-state index contributed by atoms with van der Waals surface area (Å²) in [7, 11) is 0. The first-order chi connectivity index (χ1) is 17.2. The van der Waals surface area contributed by atoms with Gasteiger partial charge >= 0.3 is 0 Å². The summed E-state index contributed by atoms with van der Waals surface area (Å²) in [6, 6.07) is 14.3. The number of hydrazine groups is 1. The first kappa shape index (κ1) is 25.5. The molecule has 2 N–H and O–H groups in total. The number of β-lactam (4-membered cyclic amide) rings is 1. The molecule has 1 saturated heterocycles. The highest BCUT2D eigenvalue weighted by molar-refractivity contribution is 7.98. The minimum Gasteiger partial charge on any atom is -0.338 e. The van der Waals surface area contributed by atoms with Gasteiger partial charge in [-0.15, -0.1) is 23.4 Å². The minimum atomic E-state index is -0.840. The number of rotatable bonds is 5. The topological polar surface area (TPSA) is 78.1 Å². The van der Waals surface area contributed by atoms with Crippen molar-refractivity contribution in [2.75, 3.05) is 6.26 Å². The third-order valence-corrected chi connectivity index (χ3v) is 8.80. The number of carbonyl (C=O) groups excluding carboxylic acids is 2. The Morgan fingerprint density at radius 2 is 1.67 bits per heavy atom. The quantitative estimate of drug-likeness (QED) is 0.0823. The molecule has 0 aliphatic carbocycles. The van der Waals surface area contributed by atoms with E-state index >= 15 is 0 Å². The van der Waals surface area contributed by atoms with Crippen molar-refractivity contribution in [3.8, 4) is 11.4 Å². The molecule has 3 aromatic carbocycles. The van der Waals surface area contributed by atoms with Gasteiger partial charge in [0.1, 0.15) is 17.2 Å². The summed E-state index contributed by atoms with van der Waals surface area (Å²) in [4.78, 5) is 34.9. The fourth-order valence-corrected chi connectivity index (χ4v) is 5.80. The molecule has 0 spiro atoms. The molecule has 1 fully saturated rings. The lowest BCUT2D eigenvalue weighted by Crippen LogP contribution is -2.63. The van der Waals surface area contributed by atoms with Crippen molar-refractivity contribution < 1.29 is 9.59 Å². The second kappa shape index (κ2) is 9.97. The number of para-hydroxylation sites is 2. The van der Waals surface area contributed by atoms with Gasteiger partial charge in [-0.25, -0.2) is 9.99 Å². The Balaban J connectivity index is 1.56. The van der Waals surface area contributed by atoms with E-state index in [9.17, 15) is 9.59 Å². The molecule has 2 amide bonds. The molecule has 1 aliphatic rings. The summed E-state index contributed by atoms with van der Waals surface area (Å²) >= 11 is 33.6. The van der Waals surface area contributed by atoms with Gasteiger partial charge in [-0.3, -0.25) is 15.0 Å². The number of nitrogens with zero attached hydrogens (tertiary/aromatic N) is 2. The van der Waals surface area contributed by atoms with E-state index in [2.05, 4.69) is 15.4 Å². The van der Waals surface area contributed by atoms with E-state index in [0.717, 1.165) is 10.5 Å². The van der Waals surface area contributed by atoms with Crippen molar-refractivity contribution in [3.05, 3.63) is 79.7 Å². The Hall–Kier alpha value is -2.13. The van der Waals surface area contributed by atoms with Crippen molar-refractivity contribution in [3.63, 3.8) is 0 Å². The molecule has 4 aromatic rings. The van der Waals surface area contributed by atoms with Crippen molar-refractivity contribution in [2.45, 2.75) is 16.3 Å². The number of nitrogens with one attached hydrogen (secondary N) is 2. The molecule has 0 saturated carbocycles. The van der Waals surface area contributed by atoms with E-state index in [0.29, 0.717) is 11.0 Å². The zero-order chi connectivity index (χ0) is 25.7. The number of amides is 2. The number of thioether (sulfide) groups is 1. The van der Waals surface area contributed by atoms with E-state index in [1.165, 1.54) is 5.01 Å². The number of halogens is 5. The van der Waals surface area contributed by atoms with Crippen LogP contribution >= 0.6 is 69.8 Å². The van der Waals surface area contributed by atoms with Crippen LogP contribution in [0.15, 0.2) is 53.4 Å². The lowest BCUT2D eigenvalue weighted by Gasteiger charge is -2.44. The summed E-state index contributed by atoms with van der Waals surface area (Å²) in [6.45, 7) is 0. The zero-order valence-electron chi connectivity index (χ0n) is 18.3. The minimum absolute atomic E-state index is 0.00960.